The van der Waals surface area contributed by atoms with E-state index >= 15 is 0 Å². The van der Waals surface area contributed by atoms with Gasteiger partial charge < -0.3 is 0 Å². The average molecular weight is 248 g/mol. The summed E-state index contributed by atoms with van der Waals surface area (Å²) in [5, 5.41) is 0. The number of carbonyl (C=O) groups is 1. The summed E-state index contributed by atoms with van der Waals surface area (Å²) in [6.07, 6.45) is 3.56. The summed E-state index contributed by atoms with van der Waals surface area (Å²) in [7, 11) is 0. The zero-order valence-corrected chi connectivity index (χ0v) is 11.7. The highest BCUT2D eigenvalue weighted by molar-refractivity contribution is 8.01. The van der Waals surface area contributed by atoms with Crippen molar-refractivity contribution in [1.82, 2.24) is 0 Å². The summed E-state index contributed by atoms with van der Waals surface area (Å²) < 4.78 is 0.159. The quantitative estimate of drug-likeness (QED) is 0.755. The number of carbonyl (C=O) groups excluding carboxylic acids is 1. The summed E-state index contributed by atoms with van der Waals surface area (Å²) in [6.45, 7) is 6.44. The van der Waals surface area contributed by atoms with Crippen molar-refractivity contribution in [2.24, 2.45) is 0 Å². The minimum absolute atomic E-state index is 0.159. The van der Waals surface area contributed by atoms with Crippen LogP contribution in [0.2, 0.25) is 0 Å². The van der Waals surface area contributed by atoms with E-state index in [1.54, 1.807) is 11.8 Å². The van der Waals surface area contributed by atoms with Crippen molar-refractivity contribution in [3.8, 4) is 0 Å². The highest BCUT2D eigenvalue weighted by Crippen LogP contribution is 2.26. The number of thioether (sulfide) groups is 1. The van der Waals surface area contributed by atoms with Gasteiger partial charge in [0.15, 0.2) is 5.78 Å². The highest BCUT2D eigenvalue weighted by atomic mass is 32.2. The lowest BCUT2D eigenvalue weighted by Crippen LogP contribution is -2.13. The number of fused-ring (bicyclic) bond motifs is 1. The fraction of sp³-hybridized carbons (Fsp3) is 0.533. The van der Waals surface area contributed by atoms with E-state index < -0.39 is 0 Å². The van der Waals surface area contributed by atoms with Crippen LogP contribution >= 0.6 is 11.8 Å². The Morgan fingerprint density at radius 1 is 1.24 bits per heavy atom. The van der Waals surface area contributed by atoms with Crippen LogP contribution in [0.3, 0.4) is 0 Å². The molecule has 92 valence electrons. The smallest absolute Gasteiger partial charge is 0.172 e. The Morgan fingerprint density at radius 2 is 1.94 bits per heavy atom. The first kappa shape index (κ1) is 12.7. The second-order valence-corrected chi connectivity index (χ2v) is 7.46. The van der Waals surface area contributed by atoms with Gasteiger partial charge in [-0.05, 0) is 36.5 Å². The fourth-order valence-electron chi connectivity index (χ4n) is 2.11. The van der Waals surface area contributed by atoms with Crippen LogP contribution in [0.15, 0.2) is 18.2 Å². The zero-order chi connectivity index (χ0) is 12.5. The average Bonchev–Trinajstić information content (AvgIpc) is 2.71. The van der Waals surface area contributed by atoms with Gasteiger partial charge in [-0.2, -0.15) is 0 Å². The first-order chi connectivity index (χ1) is 7.96. The molecular formula is C15H20OS. The molecule has 0 spiro atoms. The number of Topliss-reactive ketones (excluding diaryl/α,β-unsaturated/α-hetero) is 1. The summed E-state index contributed by atoms with van der Waals surface area (Å²) in [5.41, 5.74) is 3.71. The van der Waals surface area contributed by atoms with Crippen molar-refractivity contribution in [3.05, 3.63) is 34.9 Å². The van der Waals surface area contributed by atoms with E-state index in [4.69, 9.17) is 0 Å². The third-order valence-electron chi connectivity index (χ3n) is 3.06. The largest absolute Gasteiger partial charge is 0.293 e. The van der Waals surface area contributed by atoms with Gasteiger partial charge in [0.1, 0.15) is 0 Å². The maximum atomic E-state index is 12.1. The lowest BCUT2D eigenvalue weighted by molar-refractivity contribution is 0.102. The van der Waals surface area contributed by atoms with Crippen molar-refractivity contribution in [2.75, 3.05) is 5.75 Å². The molecule has 2 rings (SSSR count). The van der Waals surface area contributed by atoms with Gasteiger partial charge >= 0.3 is 0 Å². The standard InChI is InChI=1S/C15H20OS/c1-15(2,3)17-10-14(16)13-8-7-11-5-4-6-12(11)9-13/h7-9H,4-6,10H2,1-3H3. The normalized spacial score (nSPS) is 14.8. The van der Waals surface area contributed by atoms with Crippen molar-refractivity contribution in [1.29, 1.82) is 0 Å². The van der Waals surface area contributed by atoms with Crippen LogP contribution in [-0.2, 0) is 12.8 Å². The predicted molar refractivity (Wildman–Crippen MR) is 75.0 cm³/mol. The van der Waals surface area contributed by atoms with Gasteiger partial charge in [0.05, 0.1) is 5.75 Å². The Labute approximate surface area is 108 Å². The zero-order valence-electron chi connectivity index (χ0n) is 10.9. The van der Waals surface area contributed by atoms with Crippen LogP contribution in [0.5, 0.6) is 0 Å². The molecule has 0 saturated carbocycles. The van der Waals surface area contributed by atoms with Crippen molar-refractivity contribution >= 4 is 17.5 Å². The van der Waals surface area contributed by atoms with E-state index in [1.165, 1.54) is 24.0 Å². The number of aryl methyl sites for hydroxylation is 2. The predicted octanol–water partition coefficient (Wildman–Crippen LogP) is 3.89. The number of benzene rings is 1. The molecule has 0 atom stereocenters. The topological polar surface area (TPSA) is 17.1 Å². The molecule has 2 heteroatoms. The van der Waals surface area contributed by atoms with Gasteiger partial charge in [-0.1, -0.05) is 32.9 Å². The van der Waals surface area contributed by atoms with Crippen LogP contribution in [0.1, 0.15) is 48.7 Å². The molecule has 0 unspecified atom stereocenters. The van der Waals surface area contributed by atoms with Crippen molar-refractivity contribution in [2.45, 2.75) is 44.8 Å². The van der Waals surface area contributed by atoms with Gasteiger partial charge in [-0.3, -0.25) is 4.79 Å². The molecule has 0 bridgehead atoms. The molecule has 0 saturated heterocycles. The molecule has 1 aliphatic rings. The van der Waals surface area contributed by atoms with Crippen molar-refractivity contribution in [3.63, 3.8) is 0 Å². The Morgan fingerprint density at radius 3 is 2.65 bits per heavy atom. The molecule has 0 fully saturated rings. The van der Waals surface area contributed by atoms with Gasteiger partial charge in [-0.15, -0.1) is 11.8 Å². The van der Waals surface area contributed by atoms with Crippen LogP contribution < -0.4 is 0 Å². The Balaban J connectivity index is 2.05. The first-order valence-corrected chi connectivity index (χ1v) is 7.23. The molecule has 1 nitrogen and oxygen atoms in total. The molecule has 1 aromatic rings. The molecule has 17 heavy (non-hydrogen) atoms. The maximum absolute atomic E-state index is 12.1. The number of hydrogen-bond acceptors (Lipinski definition) is 2. The van der Waals surface area contributed by atoms with Gasteiger partial charge in [0.25, 0.3) is 0 Å². The van der Waals surface area contributed by atoms with Crippen LogP contribution in [0.4, 0.5) is 0 Å². The molecule has 0 N–H and O–H groups in total. The monoisotopic (exact) mass is 248 g/mol. The minimum atomic E-state index is 0.159. The summed E-state index contributed by atoms with van der Waals surface area (Å²) in [4.78, 5) is 12.1. The van der Waals surface area contributed by atoms with E-state index in [2.05, 4.69) is 32.9 Å². The Hall–Kier alpha value is -0.760. The lowest BCUT2D eigenvalue weighted by atomic mass is 10.0. The number of ketones is 1. The second kappa shape index (κ2) is 4.85. The van der Waals surface area contributed by atoms with Gasteiger partial charge in [0, 0.05) is 10.3 Å². The van der Waals surface area contributed by atoms with E-state index in [0.29, 0.717) is 5.75 Å². The number of hydrogen-bond donors (Lipinski definition) is 0. The molecule has 0 amide bonds. The Bertz CT molecular complexity index is 429. The van der Waals surface area contributed by atoms with Crippen LogP contribution in [0.25, 0.3) is 0 Å². The molecule has 1 aliphatic carbocycles. The molecule has 1 aromatic carbocycles. The third-order valence-corrected chi connectivity index (χ3v) is 4.33. The summed E-state index contributed by atoms with van der Waals surface area (Å²) >= 11 is 1.72. The highest BCUT2D eigenvalue weighted by Gasteiger charge is 2.17. The van der Waals surface area contributed by atoms with Crippen LogP contribution in [0, 0.1) is 0 Å². The SMILES string of the molecule is CC(C)(C)SCC(=O)c1ccc2c(c1)CCC2. The summed E-state index contributed by atoms with van der Waals surface area (Å²) in [5.74, 6) is 0.849. The molecule has 0 heterocycles. The number of rotatable bonds is 3. The minimum Gasteiger partial charge on any atom is -0.293 e. The molecule has 0 aliphatic heterocycles. The van der Waals surface area contributed by atoms with E-state index in [1.807, 2.05) is 6.07 Å². The first-order valence-electron chi connectivity index (χ1n) is 6.25. The van der Waals surface area contributed by atoms with E-state index in [0.717, 1.165) is 12.0 Å². The third kappa shape index (κ3) is 3.35. The van der Waals surface area contributed by atoms with Crippen molar-refractivity contribution < 1.29 is 4.79 Å². The maximum Gasteiger partial charge on any atom is 0.172 e. The molecular weight excluding hydrogens is 228 g/mol. The lowest BCUT2D eigenvalue weighted by Gasteiger charge is -2.16. The van der Waals surface area contributed by atoms with E-state index in [9.17, 15) is 4.79 Å². The summed E-state index contributed by atoms with van der Waals surface area (Å²) in [6, 6.07) is 6.24. The van der Waals surface area contributed by atoms with Gasteiger partial charge in [0.2, 0.25) is 0 Å². The Kier molecular flexibility index (Phi) is 3.62. The second-order valence-electron chi connectivity index (χ2n) is 5.66. The molecule has 0 aromatic heterocycles. The van der Waals surface area contributed by atoms with Gasteiger partial charge in [-0.25, -0.2) is 0 Å². The molecule has 0 radical (unpaired) electrons. The van der Waals surface area contributed by atoms with E-state index in [-0.39, 0.29) is 10.5 Å². The fourth-order valence-corrected chi connectivity index (χ4v) is 2.84. The van der Waals surface area contributed by atoms with Crippen LogP contribution in [-0.4, -0.2) is 16.3 Å².